The minimum Gasteiger partial charge on any atom is -0.465 e. The zero-order chi connectivity index (χ0) is 32.2. The number of anilines is 1. The van der Waals surface area contributed by atoms with Crippen LogP contribution in [0.2, 0.25) is 0 Å². The van der Waals surface area contributed by atoms with Crippen molar-refractivity contribution in [3.05, 3.63) is 35.9 Å². The van der Waals surface area contributed by atoms with Crippen molar-refractivity contribution in [2.24, 2.45) is 28.6 Å². The van der Waals surface area contributed by atoms with E-state index in [1.54, 1.807) is 4.90 Å². The fraction of sp³-hybridized carbons (Fsp3) is 0.686. The van der Waals surface area contributed by atoms with Crippen LogP contribution in [-0.2, 0) is 9.53 Å². The number of aromatic nitrogens is 3. The van der Waals surface area contributed by atoms with Gasteiger partial charge in [0, 0.05) is 42.5 Å². The van der Waals surface area contributed by atoms with Gasteiger partial charge in [0.2, 0.25) is 0 Å². The van der Waals surface area contributed by atoms with Gasteiger partial charge in [0.1, 0.15) is 17.9 Å². The quantitative estimate of drug-likeness (QED) is 0.357. The van der Waals surface area contributed by atoms with Crippen molar-refractivity contribution in [2.75, 3.05) is 44.2 Å². The third kappa shape index (κ3) is 5.73. The SMILES string of the molecule is CC(C)N(C(=O)c1cc(F)ccc1Oc1nncnc1N1CC2(CCN(C[C@H]3CC4CC[C@@H]3CC43COC(=O)C3)CC2)C1)C(C)C. The van der Waals surface area contributed by atoms with Crippen molar-refractivity contribution in [2.45, 2.75) is 84.7 Å². The molecule has 0 N–H and O–H groups in total. The molecule has 46 heavy (non-hydrogen) atoms. The van der Waals surface area contributed by atoms with Crippen molar-refractivity contribution < 1.29 is 23.5 Å². The Kier molecular flexibility index (Phi) is 8.18. The molecule has 1 aromatic heterocycles. The van der Waals surface area contributed by atoms with E-state index in [2.05, 4.69) is 25.0 Å². The molecule has 3 aliphatic heterocycles. The molecule has 2 unspecified atom stereocenters. The molecule has 6 aliphatic rings. The van der Waals surface area contributed by atoms with Crippen LogP contribution in [0.1, 0.15) is 83.0 Å². The van der Waals surface area contributed by atoms with E-state index in [-0.39, 0.29) is 52.0 Å². The molecule has 4 atom stereocenters. The van der Waals surface area contributed by atoms with Gasteiger partial charge >= 0.3 is 5.97 Å². The Morgan fingerprint density at radius 1 is 1.15 bits per heavy atom. The van der Waals surface area contributed by atoms with Gasteiger partial charge in [-0.2, -0.15) is 0 Å². The predicted molar refractivity (Wildman–Crippen MR) is 170 cm³/mol. The first-order valence-corrected chi connectivity index (χ1v) is 17.2. The molecule has 1 amide bonds. The lowest BCUT2D eigenvalue weighted by molar-refractivity contribution is -0.137. The maximum Gasteiger partial charge on any atom is 0.306 e. The first kappa shape index (κ1) is 31.3. The molecule has 248 valence electrons. The molecule has 2 spiro atoms. The van der Waals surface area contributed by atoms with Gasteiger partial charge in [0.05, 0.1) is 18.6 Å². The summed E-state index contributed by atoms with van der Waals surface area (Å²) in [6.45, 7) is 13.5. The Hall–Kier alpha value is -3.34. The second-order valence-corrected chi connectivity index (χ2v) is 15.3. The van der Waals surface area contributed by atoms with Crippen LogP contribution in [0, 0.1) is 34.4 Å². The lowest BCUT2D eigenvalue weighted by Gasteiger charge is -2.56. The molecule has 11 heteroatoms. The van der Waals surface area contributed by atoms with Crippen molar-refractivity contribution in [1.82, 2.24) is 25.0 Å². The van der Waals surface area contributed by atoms with E-state index in [0.717, 1.165) is 44.9 Å². The average Bonchev–Trinajstić information content (AvgIpc) is 3.37. The summed E-state index contributed by atoms with van der Waals surface area (Å²) in [7, 11) is 0. The second-order valence-electron chi connectivity index (χ2n) is 15.3. The smallest absolute Gasteiger partial charge is 0.306 e. The molecule has 8 rings (SSSR count). The number of halogens is 1. The molecule has 4 heterocycles. The highest BCUT2D eigenvalue weighted by Crippen LogP contribution is 2.58. The number of hydrogen-bond acceptors (Lipinski definition) is 9. The fourth-order valence-electron chi connectivity index (χ4n) is 9.45. The van der Waals surface area contributed by atoms with E-state index in [1.807, 2.05) is 27.7 Å². The molecular formula is C35H47FN6O4. The number of cyclic esters (lactones) is 1. The number of fused-ring (bicyclic) bond motifs is 2. The van der Waals surface area contributed by atoms with Crippen molar-refractivity contribution in [3.63, 3.8) is 0 Å². The Morgan fingerprint density at radius 3 is 2.57 bits per heavy atom. The van der Waals surface area contributed by atoms with E-state index in [4.69, 9.17) is 9.47 Å². The van der Waals surface area contributed by atoms with Gasteiger partial charge in [-0.05, 0) is 115 Å². The summed E-state index contributed by atoms with van der Waals surface area (Å²) in [4.78, 5) is 36.6. The van der Waals surface area contributed by atoms with Crippen LogP contribution in [0.4, 0.5) is 10.2 Å². The van der Waals surface area contributed by atoms with E-state index < -0.39 is 5.82 Å². The fourth-order valence-corrected chi connectivity index (χ4v) is 9.45. The number of carbonyl (C=O) groups is 2. The van der Waals surface area contributed by atoms with Crippen LogP contribution in [0.5, 0.6) is 11.6 Å². The Bertz CT molecular complexity index is 1460. The number of benzene rings is 1. The Labute approximate surface area is 271 Å². The normalized spacial score (nSPS) is 28.6. The van der Waals surface area contributed by atoms with Crippen LogP contribution in [0.25, 0.3) is 0 Å². The minimum atomic E-state index is -0.503. The summed E-state index contributed by atoms with van der Waals surface area (Å²) in [6.07, 6.45) is 9.31. The van der Waals surface area contributed by atoms with Gasteiger partial charge < -0.3 is 24.2 Å². The molecule has 0 radical (unpaired) electrons. The lowest BCUT2D eigenvalue weighted by Crippen LogP contribution is -2.61. The van der Waals surface area contributed by atoms with Crippen LogP contribution < -0.4 is 9.64 Å². The van der Waals surface area contributed by atoms with Crippen molar-refractivity contribution in [1.29, 1.82) is 0 Å². The monoisotopic (exact) mass is 634 g/mol. The molecule has 6 fully saturated rings. The molecule has 2 aromatic rings. The Morgan fingerprint density at radius 2 is 1.91 bits per heavy atom. The van der Waals surface area contributed by atoms with Crippen LogP contribution in [-0.4, -0.2) is 88.3 Å². The molecule has 3 saturated heterocycles. The number of ether oxygens (including phenoxy) is 2. The predicted octanol–water partition coefficient (Wildman–Crippen LogP) is 5.33. The first-order chi connectivity index (χ1) is 22.0. The number of rotatable bonds is 8. The number of piperidine rings is 1. The molecule has 1 aromatic carbocycles. The molecule has 3 saturated carbocycles. The van der Waals surface area contributed by atoms with Crippen molar-refractivity contribution in [3.8, 4) is 11.6 Å². The third-order valence-electron chi connectivity index (χ3n) is 11.8. The number of nitrogens with zero attached hydrogens (tertiary/aromatic N) is 6. The summed E-state index contributed by atoms with van der Waals surface area (Å²) < 4.78 is 26.0. The number of likely N-dealkylation sites (tertiary alicyclic amines) is 1. The van der Waals surface area contributed by atoms with Gasteiger partial charge in [0.25, 0.3) is 11.8 Å². The molecule has 2 bridgehead atoms. The molecular weight excluding hydrogens is 587 g/mol. The average molecular weight is 635 g/mol. The number of hydrogen-bond donors (Lipinski definition) is 0. The number of amides is 1. The van der Waals surface area contributed by atoms with E-state index in [0.29, 0.717) is 30.7 Å². The zero-order valence-corrected chi connectivity index (χ0v) is 27.6. The van der Waals surface area contributed by atoms with Crippen LogP contribution in [0.15, 0.2) is 24.5 Å². The third-order valence-corrected chi connectivity index (χ3v) is 11.8. The molecule has 3 aliphatic carbocycles. The van der Waals surface area contributed by atoms with Gasteiger partial charge in [-0.25, -0.2) is 9.37 Å². The van der Waals surface area contributed by atoms with E-state index in [1.165, 1.54) is 56.8 Å². The van der Waals surface area contributed by atoms with E-state index in [9.17, 15) is 14.0 Å². The summed E-state index contributed by atoms with van der Waals surface area (Å²) in [5.41, 5.74) is 0.520. The van der Waals surface area contributed by atoms with Gasteiger partial charge in [-0.3, -0.25) is 9.59 Å². The van der Waals surface area contributed by atoms with Gasteiger partial charge in [0.15, 0.2) is 5.82 Å². The van der Waals surface area contributed by atoms with Gasteiger partial charge in [-0.1, -0.05) is 0 Å². The van der Waals surface area contributed by atoms with Gasteiger partial charge in [-0.15, -0.1) is 10.2 Å². The minimum absolute atomic E-state index is 0.00586. The lowest BCUT2D eigenvalue weighted by atomic mass is 9.52. The summed E-state index contributed by atoms with van der Waals surface area (Å²) in [6, 6.07) is 3.87. The standard InChI is InChI=1S/C35H47FN6O4/c1-22(2)42(23(3)4)33(44)28-14-27(36)7-8-29(28)46-32-31(37-21-38-39-32)41-18-34(19-41)9-11-40(12-10-34)17-25-13-26-6-5-24(25)15-35(26)16-30(43)45-20-35/h7-8,14,21-26H,5-6,9-13,15-20H2,1-4H3/t24-,25-,26?,35?/m1/s1. The topological polar surface area (TPSA) is 101 Å². The second kappa shape index (κ2) is 12.0. The Balaban J connectivity index is 0.970. The summed E-state index contributed by atoms with van der Waals surface area (Å²) in [5, 5.41) is 8.21. The first-order valence-electron chi connectivity index (χ1n) is 17.2. The molecule has 10 nitrogen and oxygen atoms in total. The van der Waals surface area contributed by atoms with Crippen LogP contribution >= 0.6 is 0 Å². The maximum atomic E-state index is 14.4. The summed E-state index contributed by atoms with van der Waals surface area (Å²) in [5.74, 6) is 2.34. The zero-order valence-electron chi connectivity index (χ0n) is 27.6. The number of carbonyl (C=O) groups excluding carboxylic acids is 2. The highest BCUT2D eigenvalue weighted by Gasteiger charge is 2.55. The maximum absolute atomic E-state index is 14.4. The highest BCUT2D eigenvalue weighted by atomic mass is 19.1. The number of esters is 1. The largest absolute Gasteiger partial charge is 0.465 e. The summed E-state index contributed by atoms with van der Waals surface area (Å²) >= 11 is 0. The van der Waals surface area contributed by atoms with Crippen LogP contribution in [0.3, 0.4) is 0 Å². The van der Waals surface area contributed by atoms with Crippen molar-refractivity contribution >= 4 is 17.7 Å². The highest BCUT2D eigenvalue weighted by molar-refractivity contribution is 5.97. The van der Waals surface area contributed by atoms with E-state index >= 15 is 0 Å².